The molecule has 0 bridgehead atoms. The number of nitrogens with zero attached hydrogens (tertiary/aromatic N) is 5. The van der Waals surface area contributed by atoms with Crippen molar-refractivity contribution in [2.75, 3.05) is 0 Å². The smallest absolute Gasteiger partial charge is 0.164 e. The quantitative estimate of drug-likeness (QED) is 0.107. The fourth-order valence-corrected chi connectivity index (χ4v) is 10.3. The molecular weight excluding hydrogens is 855 g/mol. The minimum Gasteiger partial charge on any atom is -0.457 e. The van der Waals surface area contributed by atoms with Crippen LogP contribution in [0.2, 0.25) is 0 Å². The van der Waals surface area contributed by atoms with Gasteiger partial charge in [-0.25, -0.2) is 19.9 Å². The summed E-state index contributed by atoms with van der Waals surface area (Å²) in [4.78, 5) is 26.4. The molecule has 10 aromatic rings. The summed E-state index contributed by atoms with van der Waals surface area (Å²) in [5, 5.41) is 0. The molecule has 0 fully saturated rings. The van der Waals surface area contributed by atoms with Gasteiger partial charge in [-0.2, -0.15) is 0 Å². The Labute approximate surface area is 408 Å². The first-order valence-electron chi connectivity index (χ1n) is 23.9. The molecule has 2 atom stereocenters. The zero-order chi connectivity index (χ0) is 47.0. The summed E-state index contributed by atoms with van der Waals surface area (Å²) in [6, 6.07) is 80.2. The molecule has 6 heteroatoms. The molecule has 2 aliphatic rings. The van der Waals surface area contributed by atoms with Crippen LogP contribution in [0.1, 0.15) is 65.3 Å². The van der Waals surface area contributed by atoms with Gasteiger partial charge < -0.3 is 4.74 Å². The second-order valence-corrected chi connectivity index (χ2v) is 17.8. The van der Waals surface area contributed by atoms with Crippen molar-refractivity contribution in [3.63, 3.8) is 0 Å². The van der Waals surface area contributed by atoms with E-state index in [-0.39, 0.29) is 6.04 Å². The third kappa shape index (κ3) is 7.51. The van der Waals surface area contributed by atoms with Gasteiger partial charge in [-0.3, -0.25) is 4.99 Å². The second kappa shape index (κ2) is 18.0. The third-order valence-corrected chi connectivity index (χ3v) is 13.7. The zero-order valence-corrected chi connectivity index (χ0v) is 38.9. The summed E-state index contributed by atoms with van der Waals surface area (Å²) in [5.41, 5.74) is 14.9. The van der Waals surface area contributed by atoms with Gasteiger partial charge in [-0.05, 0) is 82.1 Å². The highest BCUT2D eigenvalue weighted by Gasteiger charge is 2.51. The number of aliphatic imine (C=N–C) groups is 2. The lowest BCUT2D eigenvalue weighted by atomic mass is 9.66. The van der Waals surface area contributed by atoms with Crippen LogP contribution in [0.5, 0.6) is 11.5 Å². The highest BCUT2D eigenvalue weighted by atomic mass is 16.5. The van der Waals surface area contributed by atoms with E-state index in [0.717, 1.165) is 90.4 Å². The molecule has 6 nitrogen and oxygen atoms in total. The van der Waals surface area contributed by atoms with Crippen LogP contribution in [0, 0.1) is 0 Å². The fourth-order valence-electron chi connectivity index (χ4n) is 10.3. The maximum Gasteiger partial charge on any atom is 0.164 e. The van der Waals surface area contributed by atoms with Crippen LogP contribution >= 0.6 is 0 Å². The fraction of sp³-hybridized carbons (Fsp3) is 0.0781. The lowest BCUT2D eigenvalue weighted by Crippen LogP contribution is -2.32. The van der Waals surface area contributed by atoms with Crippen molar-refractivity contribution in [3.8, 4) is 67.9 Å². The van der Waals surface area contributed by atoms with E-state index in [0.29, 0.717) is 23.3 Å². The first-order chi connectivity index (χ1) is 34.5. The van der Waals surface area contributed by atoms with E-state index in [9.17, 15) is 0 Å². The van der Waals surface area contributed by atoms with Crippen LogP contribution < -0.4 is 4.74 Å². The standard InChI is InChI=1S/C64H47N5O/c1-3-57(45-25-12-6-13-26-45)66-61(65-42(2)43-21-8-4-9-22-43)50-36-38-55-59(41-50)70-58-34-19-18-33-54(58)64(55)53-32-17-16-31-51(53)52-37-35-49(40-56(52)64)63-68-60(46-27-14-7-15-28-46)67-62(69-63)48-30-20-29-47(39-48)44-23-10-5-11-24-44/h4-41,57H,3H2,1-2H3. The van der Waals surface area contributed by atoms with E-state index in [1.165, 1.54) is 11.1 Å². The average Bonchev–Trinajstić information content (AvgIpc) is 3.72. The SMILES string of the molecule is CCC(N=C(N=C(C)c1ccccc1)c1ccc2c(c1)Oc1ccccc1C21c2ccccc2-c2ccc(-c3nc(-c4ccccc4)nc(-c4cccc(-c5ccccc5)c4)n3)cc21)c1ccccc1. The van der Waals surface area contributed by atoms with E-state index < -0.39 is 5.41 Å². The number of para-hydroxylation sites is 1. The highest BCUT2D eigenvalue weighted by Crippen LogP contribution is 2.62. The highest BCUT2D eigenvalue weighted by molar-refractivity contribution is 6.12. The average molecular weight is 902 g/mol. The Hall–Kier alpha value is -8.87. The maximum absolute atomic E-state index is 7.04. The molecule has 12 rings (SSSR count). The number of hydrogen-bond donors (Lipinski definition) is 0. The Kier molecular flexibility index (Phi) is 10.9. The number of benzene rings is 9. The minimum atomic E-state index is -0.747. The van der Waals surface area contributed by atoms with Gasteiger partial charge in [0.2, 0.25) is 0 Å². The molecule has 0 amide bonds. The molecule has 334 valence electrons. The van der Waals surface area contributed by atoms with Gasteiger partial charge in [-0.15, -0.1) is 0 Å². The van der Waals surface area contributed by atoms with Crippen LogP contribution in [0.15, 0.2) is 241 Å². The molecule has 1 aliphatic heterocycles. The van der Waals surface area contributed by atoms with Gasteiger partial charge in [0.15, 0.2) is 23.3 Å². The van der Waals surface area contributed by atoms with Crippen LogP contribution in [-0.4, -0.2) is 26.5 Å². The van der Waals surface area contributed by atoms with Crippen molar-refractivity contribution < 1.29 is 4.74 Å². The number of aromatic nitrogens is 3. The Morgan fingerprint density at radius 1 is 0.443 bits per heavy atom. The van der Waals surface area contributed by atoms with Crippen molar-refractivity contribution >= 4 is 11.5 Å². The molecule has 1 aromatic heterocycles. The summed E-state index contributed by atoms with van der Waals surface area (Å²) in [5.74, 6) is 4.01. The van der Waals surface area contributed by atoms with Crippen molar-refractivity contribution in [3.05, 3.63) is 269 Å². The molecule has 70 heavy (non-hydrogen) atoms. The maximum atomic E-state index is 7.04. The molecule has 1 spiro atoms. The van der Waals surface area contributed by atoms with Gasteiger partial charge >= 0.3 is 0 Å². The molecule has 2 unspecified atom stereocenters. The number of hydrogen-bond acceptors (Lipinski definition) is 5. The van der Waals surface area contributed by atoms with Crippen molar-refractivity contribution in [1.29, 1.82) is 0 Å². The minimum absolute atomic E-state index is 0.0920. The van der Waals surface area contributed by atoms with E-state index in [2.05, 4.69) is 196 Å². The van der Waals surface area contributed by atoms with Crippen LogP contribution in [0.25, 0.3) is 56.4 Å². The third-order valence-electron chi connectivity index (χ3n) is 13.7. The first-order valence-corrected chi connectivity index (χ1v) is 23.9. The normalized spacial score (nSPS) is 15.1. The first kappa shape index (κ1) is 42.5. The molecule has 0 N–H and O–H groups in total. The van der Waals surface area contributed by atoms with Gasteiger partial charge in [0.1, 0.15) is 11.5 Å². The Morgan fingerprint density at radius 2 is 1.00 bits per heavy atom. The number of ether oxygens (including phenoxy) is 1. The molecule has 9 aromatic carbocycles. The van der Waals surface area contributed by atoms with Crippen molar-refractivity contribution in [1.82, 2.24) is 15.0 Å². The summed E-state index contributed by atoms with van der Waals surface area (Å²) in [6.45, 7) is 4.23. The summed E-state index contributed by atoms with van der Waals surface area (Å²) < 4.78 is 7.04. The Balaban J connectivity index is 1.05. The van der Waals surface area contributed by atoms with Crippen LogP contribution in [0.4, 0.5) is 0 Å². The summed E-state index contributed by atoms with van der Waals surface area (Å²) in [7, 11) is 0. The van der Waals surface area contributed by atoms with Gasteiger partial charge in [0.25, 0.3) is 0 Å². The lowest BCUT2D eigenvalue weighted by Gasteiger charge is -2.39. The summed E-state index contributed by atoms with van der Waals surface area (Å²) >= 11 is 0. The molecule has 2 heterocycles. The molecular formula is C64H47N5O. The van der Waals surface area contributed by atoms with E-state index in [1.54, 1.807) is 0 Å². The van der Waals surface area contributed by atoms with Crippen molar-refractivity contribution in [2.24, 2.45) is 9.98 Å². The zero-order valence-electron chi connectivity index (χ0n) is 38.9. The monoisotopic (exact) mass is 901 g/mol. The Bertz CT molecular complexity index is 3630. The van der Waals surface area contributed by atoms with E-state index in [4.69, 9.17) is 29.7 Å². The van der Waals surface area contributed by atoms with Gasteiger partial charge in [0.05, 0.1) is 11.5 Å². The van der Waals surface area contributed by atoms with Crippen LogP contribution in [0.3, 0.4) is 0 Å². The second-order valence-electron chi connectivity index (χ2n) is 17.8. The van der Waals surface area contributed by atoms with Crippen molar-refractivity contribution in [2.45, 2.75) is 31.7 Å². The Morgan fingerprint density at radius 3 is 1.73 bits per heavy atom. The predicted molar refractivity (Wildman–Crippen MR) is 284 cm³/mol. The van der Waals surface area contributed by atoms with Gasteiger partial charge in [0, 0.05) is 39.1 Å². The number of amidine groups is 1. The van der Waals surface area contributed by atoms with Gasteiger partial charge in [-0.1, -0.05) is 213 Å². The van der Waals surface area contributed by atoms with Crippen LogP contribution in [-0.2, 0) is 5.41 Å². The number of rotatable bonds is 9. The molecule has 0 saturated carbocycles. The van der Waals surface area contributed by atoms with E-state index >= 15 is 0 Å². The largest absolute Gasteiger partial charge is 0.457 e. The molecule has 0 saturated heterocycles. The molecule has 1 aliphatic carbocycles. The predicted octanol–water partition coefficient (Wildman–Crippen LogP) is 15.4. The van der Waals surface area contributed by atoms with E-state index in [1.807, 2.05) is 48.5 Å². The lowest BCUT2D eigenvalue weighted by molar-refractivity contribution is 0.436. The number of fused-ring (bicyclic) bond motifs is 9. The molecule has 0 radical (unpaired) electrons. The topological polar surface area (TPSA) is 72.6 Å². The summed E-state index contributed by atoms with van der Waals surface area (Å²) in [6.07, 6.45) is 0.816.